The smallest absolute Gasteiger partial charge is 0.270 e. The van der Waals surface area contributed by atoms with E-state index in [-0.39, 0.29) is 30.7 Å². The Kier molecular flexibility index (Phi) is 8.26. The Morgan fingerprint density at radius 3 is 2.70 bits per heavy atom. The van der Waals surface area contributed by atoms with Crippen LogP contribution >= 0.6 is 24.8 Å². The molecule has 2 heterocycles. The molecule has 23 heavy (non-hydrogen) atoms. The van der Waals surface area contributed by atoms with Crippen LogP contribution in [0.25, 0.3) is 10.8 Å². The van der Waals surface area contributed by atoms with E-state index in [2.05, 4.69) is 20.5 Å². The lowest BCUT2D eigenvalue weighted by Crippen LogP contribution is -2.46. The maximum atomic E-state index is 12.3. The molecule has 1 aromatic heterocycles. The number of carbonyl (C=O) groups is 1. The highest BCUT2D eigenvalue weighted by Gasteiger charge is 2.12. The summed E-state index contributed by atoms with van der Waals surface area (Å²) in [5.74, 6) is -0.0954. The topological polar surface area (TPSA) is 57.3 Å². The number of rotatable bonds is 4. The summed E-state index contributed by atoms with van der Waals surface area (Å²) < 4.78 is 0. The second kappa shape index (κ2) is 9.67. The minimum absolute atomic E-state index is 0. The fraction of sp³-hybridized carbons (Fsp3) is 0.375. The van der Waals surface area contributed by atoms with Crippen molar-refractivity contribution >= 4 is 41.5 Å². The Balaban J connectivity index is 0.00000132. The summed E-state index contributed by atoms with van der Waals surface area (Å²) in [4.78, 5) is 18.9. The third-order valence-electron chi connectivity index (χ3n) is 3.81. The lowest BCUT2D eigenvalue weighted by atomic mass is 10.1. The zero-order chi connectivity index (χ0) is 14.5. The molecule has 1 aliphatic rings. The van der Waals surface area contributed by atoms with Gasteiger partial charge >= 0.3 is 0 Å². The second-order valence-electron chi connectivity index (χ2n) is 5.23. The quantitative estimate of drug-likeness (QED) is 0.875. The first-order valence-corrected chi connectivity index (χ1v) is 7.39. The highest BCUT2D eigenvalue weighted by atomic mass is 35.5. The maximum absolute atomic E-state index is 12.3. The van der Waals surface area contributed by atoms with E-state index in [0.717, 1.165) is 43.5 Å². The van der Waals surface area contributed by atoms with Crippen molar-refractivity contribution in [3.05, 3.63) is 42.2 Å². The van der Waals surface area contributed by atoms with E-state index in [1.54, 1.807) is 6.20 Å². The van der Waals surface area contributed by atoms with Crippen LogP contribution in [-0.4, -0.2) is 55.1 Å². The summed E-state index contributed by atoms with van der Waals surface area (Å²) in [7, 11) is 0. The normalized spacial score (nSPS) is 14.6. The largest absolute Gasteiger partial charge is 0.349 e. The van der Waals surface area contributed by atoms with Crippen LogP contribution in [0.4, 0.5) is 0 Å². The highest BCUT2D eigenvalue weighted by molar-refractivity contribution is 6.05. The fourth-order valence-corrected chi connectivity index (χ4v) is 2.65. The number of fused-ring (bicyclic) bond motifs is 1. The number of amides is 1. The Morgan fingerprint density at radius 1 is 1.17 bits per heavy atom. The molecular weight excluding hydrogens is 335 g/mol. The van der Waals surface area contributed by atoms with Gasteiger partial charge in [0.2, 0.25) is 0 Å². The van der Waals surface area contributed by atoms with Crippen LogP contribution in [-0.2, 0) is 0 Å². The Bertz CT molecular complexity index is 627. The minimum Gasteiger partial charge on any atom is -0.349 e. The van der Waals surface area contributed by atoms with E-state index in [1.807, 2.05) is 30.3 Å². The average molecular weight is 357 g/mol. The van der Waals surface area contributed by atoms with Gasteiger partial charge in [0.15, 0.2) is 0 Å². The average Bonchev–Trinajstić information content (AvgIpc) is 2.55. The van der Waals surface area contributed by atoms with Crippen LogP contribution in [0.1, 0.15) is 10.5 Å². The number of nitrogens with zero attached hydrogens (tertiary/aromatic N) is 2. The van der Waals surface area contributed by atoms with Crippen molar-refractivity contribution in [1.82, 2.24) is 20.5 Å². The van der Waals surface area contributed by atoms with Crippen LogP contribution in [0.2, 0.25) is 0 Å². The Hall–Kier alpha value is -1.40. The number of benzene rings is 1. The number of carbonyl (C=O) groups excluding carboxylic acids is 1. The van der Waals surface area contributed by atoms with Gasteiger partial charge in [-0.1, -0.05) is 24.3 Å². The SMILES string of the molecule is Cl.Cl.O=C(NCCN1CCNCC1)c1nccc2ccccc12. The zero-order valence-corrected chi connectivity index (χ0v) is 14.5. The van der Waals surface area contributed by atoms with Crippen LogP contribution in [0.3, 0.4) is 0 Å². The summed E-state index contributed by atoms with van der Waals surface area (Å²) >= 11 is 0. The number of aromatic nitrogens is 1. The molecule has 7 heteroatoms. The summed E-state index contributed by atoms with van der Waals surface area (Å²) in [5.41, 5.74) is 0.508. The van der Waals surface area contributed by atoms with E-state index in [4.69, 9.17) is 0 Å². The third-order valence-corrected chi connectivity index (χ3v) is 3.81. The van der Waals surface area contributed by atoms with Crippen molar-refractivity contribution in [3.8, 4) is 0 Å². The summed E-state index contributed by atoms with van der Waals surface area (Å²) in [6, 6.07) is 9.75. The van der Waals surface area contributed by atoms with Crippen molar-refractivity contribution in [2.45, 2.75) is 0 Å². The molecule has 1 fully saturated rings. The third kappa shape index (κ3) is 5.04. The first-order chi connectivity index (χ1) is 10.3. The molecule has 2 aromatic rings. The van der Waals surface area contributed by atoms with Crippen LogP contribution in [0.5, 0.6) is 0 Å². The fourth-order valence-electron chi connectivity index (χ4n) is 2.65. The molecule has 1 saturated heterocycles. The van der Waals surface area contributed by atoms with E-state index in [0.29, 0.717) is 12.2 Å². The van der Waals surface area contributed by atoms with Crippen molar-refractivity contribution < 1.29 is 4.79 Å². The van der Waals surface area contributed by atoms with E-state index < -0.39 is 0 Å². The Labute approximate surface area is 148 Å². The van der Waals surface area contributed by atoms with Crippen LogP contribution in [0.15, 0.2) is 36.5 Å². The van der Waals surface area contributed by atoms with Gasteiger partial charge < -0.3 is 10.6 Å². The van der Waals surface area contributed by atoms with E-state index in [9.17, 15) is 4.79 Å². The molecule has 5 nitrogen and oxygen atoms in total. The molecule has 1 aromatic carbocycles. The molecule has 0 saturated carbocycles. The monoisotopic (exact) mass is 356 g/mol. The molecular formula is C16H22Cl2N4O. The summed E-state index contributed by atoms with van der Waals surface area (Å²) in [6.07, 6.45) is 1.69. The van der Waals surface area contributed by atoms with Gasteiger partial charge in [0.25, 0.3) is 5.91 Å². The van der Waals surface area contributed by atoms with Crippen molar-refractivity contribution in [3.63, 3.8) is 0 Å². The molecule has 0 spiro atoms. The lowest BCUT2D eigenvalue weighted by molar-refractivity contribution is 0.0944. The van der Waals surface area contributed by atoms with Gasteiger partial charge in [-0.05, 0) is 11.5 Å². The Morgan fingerprint density at radius 2 is 1.91 bits per heavy atom. The molecule has 1 amide bonds. The standard InChI is InChI=1S/C16H20N4O.2ClH/c21-16(19-9-12-20-10-7-17-8-11-20)15-14-4-2-1-3-13(14)5-6-18-15;;/h1-6,17H,7-12H2,(H,19,21);2*1H. The molecule has 1 aliphatic heterocycles. The van der Waals surface area contributed by atoms with Gasteiger partial charge in [-0.3, -0.25) is 14.7 Å². The van der Waals surface area contributed by atoms with Crippen molar-refractivity contribution in [2.75, 3.05) is 39.3 Å². The number of piperazine rings is 1. The number of nitrogens with one attached hydrogen (secondary N) is 2. The maximum Gasteiger partial charge on any atom is 0.270 e. The summed E-state index contributed by atoms with van der Waals surface area (Å²) in [5, 5.41) is 8.24. The predicted octanol–water partition coefficient (Wildman–Crippen LogP) is 1.71. The van der Waals surface area contributed by atoms with Crippen molar-refractivity contribution in [2.24, 2.45) is 0 Å². The molecule has 2 N–H and O–H groups in total. The van der Waals surface area contributed by atoms with E-state index in [1.165, 1.54) is 0 Å². The van der Waals surface area contributed by atoms with Gasteiger partial charge in [0.05, 0.1) is 0 Å². The van der Waals surface area contributed by atoms with Gasteiger partial charge in [0.1, 0.15) is 5.69 Å². The van der Waals surface area contributed by atoms with E-state index >= 15 is 0 Å². The van der Waals surface area contributed by atoms with Gasteiger partial charge in [-0.15, -0.1) is 24.8 Å². The molecule has 0 aliphatic carbocycles. The molecule has 0 bridgehead atoms. The first kappa shape index (κ1) is 19.6. The molecule has 0 radical (unpaired) electrons. The molecule has 3 rings (SSSR count). The van der Waals surface area contributed by atoms with Gasteiger partial charge in [-0.25, -0.2) is 0 Å². The highest BCUT2D eigenvalue weighted by Crippen LogP contribution is 2.15. The molecule has 0 atom stereocenters. The van der Waals surface area contributed by atoms with Gasteiger partial charge in [-0.2, -0.15) is 0 Å². The van der Waals surface area contributed by atoms with Gasteiger partial charge in [0, 0.05) is 50.9 Å². The predicted molar refractivity (Wildman–Crippen MR) is 97.9 cm³/mol. The second-order valence-corrected chi connectivity index (χ2v) is 5.23. The number of hydrogen-bond acceptors (Lipinski definition) is 4. The number of hydrogen-bond donors (Lipinski definition) is 2. The minimum atomic E-state index is -0.0954. The number of pyridine rings is 1. The van der Waals surface area contributed by atoms with Crippen LogP contribution < -0.4 is 10.6 Å². The lowest BCUT2D eigenvalue weighted by Gasteiger charge is -2.27. The molecule has 126 valence electrons. The first-order valence-electron chi connectivity index (χ1n) is 7.39. The van der Waals surface area contributed by atoms with Crippen LogP contribution in [0, 0.1) is 0 Å². The summed E-state index contributed by atoms with van der Waals surface area (Å²) in [6.45, 7) is 5.68. The van der Waals surface area contributed by atoms with Crippen molar-refractivity contribution in [1.29, 1.82) is 0 Å². The zero-order valence-electron chi connectivity index (χ0n) is 12.8. The molecule has 0 unspecified atom stereocenters. The number of halogens is 2.